The second kappa shape index (κ2) is 11.7. The van der Waals surface area contributed by atoms with Crippen LogP contribution in [0.2, 0.25) is 0 Å². The lowest BCUT2D eigenvalue weighted by Gasteiger charge is -2.32. The maximum atomic E-state index is 13.5. The first-order valence-electron chi connectivity index (χ1n) is 14.6. The van der Waals surface area contributed by atoms with Crippen LogP contribution < -0.4 is 4.74 Å². The minimum Gasteiger partial charge on any atom is -0.468 e. The topological polar surface area (TPSA) is 105 Å². The van der Waals surface area contributed by atoms with E-state index in [-0.39, 0.29) is 24.5 Å². The Labute approximate surface area is 247 Å². The second-order valence-electron chi connectivity index (χ2n) is 11.1. The number of hydrogen-bond donors (Lipinski definition) is 0. The predicted molar refractivity (Wildman–Crippen MR) is 155 cm³/mol. The number of ether oxygens (including phenoxy) is 3. The minimum absolute atomic E-state index is 0.110. The van der Waals surface area contributed by atoms with Crippen molar-refractivity contribution in [1.29, 1.82) is 0 Å². The molecule has 0 aliphatic carbocycles. The number of oxazole rings is 1. The van der Waals surface area contributed by atoms with Gasteiger partial charge in [0.25, 0.3) is 0 Å². The smallest absolute Gasteiger partial charge is 0.337 e. The van der Waals surface area contributed by atoms with Crippen molar-refractivity contribution in [2.45, 2.75) is 51.0 Å². The third-order valence-corrected chi connectivity index (χ3v) is 8.28. The summed E-state index contributed by atoms with van der Waals surface area (Å²) < 4.78 is 37.9. The Morgan fingerprint density at radius 1 is 1.02 bits per heavy atom. The first-order valence-corrected chi connectivity index (χ1v) is 14.6. The van der Waals surface area contributed by atoms with Gasteiger partial charge in [-0.15, -0.1) is 0 Å². The fourth-order valence-electron chi connectivity index (χ4n) is 5.85. The first kappa shape index (κ1) is 27.5. The van der Waals surface area contributed by atoms with Crippen molar-refractivity contribution < 1.29 is 27.8 Å². The maximum Gasteiger partial charge on any atom is 0.337 e. The van der Waals surface area contributed by atoms with Gasteiger partial charge in [-0.05, 0) is 68.8 Å². The standard InChI is InChI=1S/C32H32FN5O5/c1-40-32(39)21-5-7-25-27(15-21)38(17-23-11-14-41-23)29(34-25)18-37-12-9-20(10-13-37)24-3-2-4-30(35-24)42-19-31-36-26-16-22(33)6-8-28(26)43-31/h2-8,15-16,20,23H,9-14,17-19H2,1H3/t23-/m0/s1. The molecule has 2 aliphatic heterocycles. The molecule has 0 saturated carbocycles. The molecule has 43 heavy (non-hydrogen) atoms. The molecule has 1 atom stereocenters. The van der Waals surface area contributed by atoms with Crippen LogP contribution in [-0.2, 0) is 29.2 Å². The Morgan fingerprint density at radius 3 is 2.67 bits per heavy atom. The molecule has 11 heteroatoms. The summed E-state index contributed by atoms with van der Waals surface area (Å²) in [5.41, 5.74) is 4.29. The number of rotatable bonds is 9. The molecule has 222 valence electrons. The van der Waals surface area contributed by atoms with Crippen LogP contribution >= 0.6 is 0 Å². The lowest BCUT2D eigenvalue weighted by Crippen LogP contribution is -2.35. The number of benzene rings is 2. The molecule has 3 aromatic heterocycles. The summed E-state index contributed by atoms with van der Waals surface area (Å²) in [6.07, 6.45) is 3.11. The Bertz CT molecular complexity index is 1770. The van der Waals surface area contributed by atoms with E-state index in [1.54, 1.807) is 12.1 Å². The van der Waals surface area contributed by atoms with E-state index in [9.17, 15) is 9.18 Å². The molecule has 0 radical (unpaired) electrons. The highest BCUT2D eigenvalue weighted by molar-refractivity contribution is 5.93. The van der Waals surface area contributed by atoms with Crippen molar-refractivity contribution >= 4 is 28.1 Å². The van der Waals surface area contributed by atoms with Crippen LogP contribution in [0.25, 0.3) is 22.1 Å². The van der Waals surface area contributed by atoms with Crippen LogP contribution in [0.15, 0.2) is 59.0 Å². The number of imidazole rings is 1. The highest BCUT2D eigenvalue weighted by atomic mass is 19.1. The van der Waals surface area contributed by atoms with Crippen molar-refractivity contribution in [3.63, 3.8) is 0 Å². The molecule has 2 fully saturated rings. The van der Waals surface area contributed by atoms with Gasteiger partial charge in [-0.2, -0.15) is 0 Å². The molecule has 5 heterocycles. The summed E-state index contributed by atoms with van der Waals surface area (Å²) in [4.78, 5) is 28.6. The minimum atomic E-state index is -0.357. The van der Waals surface area contributed by atoms with Crippen molar-refractivity contribution in [2.75, 3.05) is 26.8 Å². The number of nitrogens with zero attached hydrogens (tertiary/aromatic N) is 5. The van der Waals surface area contributed by atoms with Gasteiger partial charge in [-0.25, -0.2) is 24.1 Å². The van der Waals surface area contributed by atoms with Gasteiger partial charge in [-0.3, -0.25) is 4.90 Å². The lowest BCUT2D eigenvalue weighted by atomic mass is 9.93. The third kappa shape index (κ3) is 5.82. The molecule has 2 saturated heterocycles. The van der Waals surface area contributed by atoms with E-state index in [1.807, 2.05) is 30.3 Å². The zero-order valence-electron chi connectivity index (χ0n) is 23.9. The van der Waals surface area contributed by atoms with Crippen molar-refractivity contribution in [3.8, 4) is 5.88 Å². The SMILES string of the molecule is COC(=O)c1ccc2nc(CN3CCC(c4cccc(OCc5nc6cc(F)ccc6o5)n4)CC3)n(C[C@@H]3CCO3)c2c1. The van der Waals surface area contributed by atoms with Gasteiger partial charge < -0.3 is 23.2 Å². The third-order valence-electron chi connectivity index (χ3n) is 8.28. The number of carbonyl (C=O) groups excluding carboxylic acids is 1. The summed E-state index contributed by atoms with van der Waals surface area (Å²) in [7, 11) is 1.39. The fraction of sp³-hybridized carbons (Fsp3) is 0.375. The number of halogens is 1. The molecular formula is C32H32FN5O5. The number of pyridine rings is 1. The van der Waals surface area contributed by atoms with Gasteiger partial charge in [-0.1, -0.05) is 6.07 Å². The van der Waals surface area contributed by atoms with Crippen LogP contribution in [0.5, 0.6) is 5.88 Å². The molecule has 5 aromatic rings. The molecule has 0 N–H and O–H groups in total. The van der Waals surface area contributed by atoms with Crippen molar-refractivity contribution in [1.82, 2.24) is 24.4 Å². The average Bonchev–Trinajstić information content (AvgIpc) is 3.57. The number of likely N-dealkylation sites (tertiary alicyclic amines) is 1. The number of esters is 1. The normalized spacial score (nSPS) is 17.8. The number of aromatic nitrogens is 4. The maximum absolute atomic E-state index is 13.5. The summed E-state index contributed by atoms with van der Waals surface area (Å²) in [6, 6.07) is 15.6. The van der Waals surface area contributed by atoms with Gasteiger partial charge in [0.05, 0.1) is 42.9 Å². The molecule has 2 aliphatic rings. The van der Waals surface area contributed by atoms with Crippen LogP contribution in [0.3, 0.4) is 0 Å². The Kier molecular flexibility index (Phi) is 7.50. The molecule has 2 aromatic carbocycles. The van der Waals surface area contributed by atoms with Gasteiger partial charge in [0.1, 0.15) is 17.2 Å². The lowest BCUT2D eigenvalue weighted by molar-refractivity contribution is -0.0592. The average molecular weight is 586 g/mol. The van der Waals surface area contributed by atoms with E-state index in [0.29, 0.717) is 47.4 Å². The highest BCUT2D eigenvalue weighted by Crippen LogP contribution is 2.30. The number of methoxy groups -OCH3 is 1. The second-order valence-corrected chi connectivity index (χ2v) is 11.1. The van der Waals surface area contributed by atoms with E-state index < -0.39 is 0 Å². The van der Waals surface area contributed by atoms with Gasteiger partial charge >= 0.3 is 5.97 Å². The molecule has 10 nitrogen and oxygen atoms in total. The predicted octanol–water partition coefficient (Wildman–Crippen LogP) is 5.25. The zero-order chi connectivity index (χ0) is 29.3. The van der Waals surface area contributed by atoms with Crippen molar-refractivity contribution in [2.24, 2.45) is 0 Å². The molecule has 0 amide bonds. The monoisotopic (exact) mass is 585 g/mol. The molecule has 0 spiro atoms. The van der Waals surface area contributed by atoms with Crippen LogP contribution in [-0.4, -0.2) is 63.3 Å². The van der Waals surface area contributed by atoms with Gasteiger partial charge in [0.15, 0.2) is 12.2 Å². The number of fused-ring (bicyclic) bond motifs is 2. The molecule has 7 rings (SSSR count). The van der Waals surface area contributed by atoms with Crippen LogP contribution in [0.4, 0.5) is 4.39 Å². The molecular weight excluding hydrogens is 553 g/mol. The fourth-order valence-corrected chi connectivity index (χ4v) is 5.85. The Morgan fingerprint density at radius 2 is 1.88 bits per heavy atom. The van der Waals surface area contributed by atoms with Crippen LogP contribution in [0.1, 0.15) is 52.9 Å². The Hall–Kier alpha value is -4.35. The van der Waals surface area contributed by atoms with Crippen molar-refractivity contribution in [3.05, 3.63) is 83.4 Å². The number of piperidine rings is 1. The van der Waals surface area contributed by atoms with Gasteiger partial charge in [0, 0.05) is 30.4 Å². The quantitative estimate of drug-likeness (QED) is 0.215. The molecule has 0 bridgehead atoms. The van der Waals surface area contributed by atoms with E-state index >= 15 is 0 Å². The zero-order valence-corrected chi connectivity index (χ0v) is 23.9. The summed E-state index contributed by atoms with van der Waals surface area (Å²) >= 11 is 0. The Balaban J connectivity index is 1.00. The van der Waals surface area contributed by atoms with E-state index in [2.05, 4.69) is 14.5 Å². The summed E-state index contributed by atoms with van der Waals surface area (Å²) in [6.45, 7) is 4.14. The number of hydrogen-bond acceptors (Lipinski definition) is 9. The van der Waals surface area contributed by atoms with Crippen LogP contribution in [0, 0.1) is 5.82 Å². The van der Waals surface area contributed by atoms with E-state index in [4.69, 9.17) is 28.6 Å². The van der Waals surface area contributed by atoms with Gasteiger partial charge in [0.2, 0.25) is 11.8 Å². The summed E-state index contributed by atoms with van der Waals surface area (Å²) in [5, 5.41) is 0. The van der Waals surface area contributed by atoms with E-state index in [0.717, 1.165) is 61.5 Å². The first-order chi connectivity index (χ1) is 21.0. The van der Waals surface area contributed by atoms with E-state index in [1.165, 1.54) is 19.2 Å². The number of carbonyl (C=O) groups is 1. The summed E-state index contributed by atoms with van der Waals surface area (Å²) in [5.74, 6) is 1.46. The highest BCUT2D eigenvalue weighted by Gasteiger charge is 2.26. The molecule has 0 unspecified atom stereocenters. The largest absolute Gasteiger partial charge is 0.468 e.